The molecule has 0 aliphatic rings. The van der Waals surface area contributed by atoms with Gasteiger partial charge in [-0.1, -0.05) is 28.1 Å². The normalized spacial score (nSPS) is 12.2. The number of benzene rings is 1. The van der Waals surface area contributed by atoms with Crippen LogP contribution >= 0.6 is 15.9 Å². The molecule has 0 aliphatic heterocycles. The Balaban J connectivity index is 2.49. The first-order valence-electron chi connectivity index (χ1n) is 5.19. The molecule has 0 bridgehead atoms. The minimum absolute atomic E-state index is 0.0870. The number of carbonyl (C=O) groups excluding carboxylic acids is 1. The lowest BCUT2D eigenvalue weighted by molar-refractivity contribution is -0.127. The number of rotatable bonds is 4. The summed E-state index contributed by atoms with van der Waals surface area (Å²) < 4.78 is 1.06. The van der Waals surface area contributed by atoms with Crippen molar-refractivity contribution in [2.75, 3.05) is 20.6 Å². The number of carbonyl (C=O) groups is 1. The lowest BCUT2D eigenvalue weighted by Crippen LogP contribution is -2.34. The third-order valence-electron chi connectivity index (χ3n) is 2.43. The summed E-state index contributed by atoms with van der Waals surface area (Å²) in [4.78, 5) is 13.0. The summed E-state index contributed by atoms with van der Waals surface area (Å²) in [5, 5.41) is 3.19. The van der Waals surface area contributed by atoms with Crippen LogP contribution in [0.4, 0.5) is 0 Å². The highest BCUT2D eigenvalue weighted by molar-refractivity contribution is 9.10. The smallest absolute Gasteiger partial charge is 0.236 e. The maximum absolute atomic E-state index is 11.4. The van der Waals surface area contributed by atoms with E-state index in [1.165, 1.54) is 5.56 Å². The van der Waals surface area contributed by atoms with E-state index >= 15 is 0 Å². The molecule has 3 nitrogen and oxygen atoms in total. The summed E-state index contributed by atoms with van der Waals surface area (Å²) in [5.74, 6) is 0.0870. The van der Waals surface area contributed by atoms with Crippen molar-refractivity contribution in [3.8, 4) is 0 Å². The molecule has 0 fully saturated rings. The third kappa shape index (κ3) is 3.94. The van der Waals surface area contributed by atoms with E-state index in [0.29, 0.717) is 6.54 Å². The number of nitrogens with one attached hydrogen (secondary N) is 1. The summed E-state index contributed by atoms with van der Waals surface area (Å²) in [5.41, 5.74) is 1.18. The van der Waals surface area contributed by atoms with E-state index in [1.807, 2.05) is 31.2 Å². The Morgan fingerprint density at radius 2 is 1.94 bits per heavy atom. The van der Waals surface area contributed by atoms with Gasteiger partial charge in [-0.2, -0.15) is 0 Å². The molecule has 4 heteroatoms. The van der Waals surface area contributed by atoms with Crippen LogP contribution in [0.2, 0.25) is 0 Å². The van der Waals surface area contributed by atoms with Crippen LogP contribution in [0, 0.1) is 0 Å². The molecule has 0 unspecified atom stereocenters. The summed E-state index contributed by atoms with van der Waals surface area (Å²) >= 11 is 3.39. The predicted molar refractivity (Wildman–Crippen MR) is 69.3 cm³/mol. The van der Waals surface area contributed by atoms with E-state index in [1.54, 1.807) is 19.0 Å². The fourth-order valence-corrected chi connectivity index (χ4v) is 1.53. The maximum atomic E-state index is 11.4. The Labute approximate surface area is 105 Å². The molecule has 0 radical (unpaired) electrons. The van der Waals surface area contributed by atoms with Gasteiger partial charge in [0.2, 0.25) is 5.91 Å². The van der Waals surface area contributed by atoms with Gasteiger partial charge in [0, 0.05) is 24.6 Å². The van der Waals surface area contributed by atoms with Gasteiger partial charge in [0.25, 0.3) is 0 Å². The first kappa shape index (κ1) is 13.2. The van der Waals surface area contributed by atoms with Crippen LogP contribution in [0.5, 0.6) is 0 Å². The number of hydrogen-bond acceptors (Lipinski definition) is 2. The highest BCUT2D eigenvalue weighted by Gasteiger charge is 2.08. The molecule has 1 amide bonds. The Bertz CT molecular complexity index is 349. The topological polar surface area (TPSA) is 32.3 Å². The number of amides is 1. The molecule has 0 heterocycles. The number of halogens is 1. The van der Waals surface area contributed by atoms with E-state index < -0.39 is 0 Å². The highest BCUT2D eigenvalue weighted by Crippen LogP contribution is 2.16. The standard InChI is InChI=1S/C12H17BrN2O/c1-9(14-8-12(16)15(2)3)10-4-6-11(13)7-5-10/h4-7,9,14H,8H2,1-3H3/t9-/m0/s1. The predicted octanol–water partition coefficient (Wildman–Crippen LogP) is 2.19. The molecule has 1 atom stereocenters. The monoisotopic (exact) mass is 284 g/mol. The molecule has 1 aromatic rings. The lowest BCUT2D eigenvalue weighted by atomic mass is 10.1. The first-order valence-corrected chi connectivity index (χ1v) is 5.99. The first-order chi connectivity index (χ1) is 7.50. The van der Waals surface area contributed by atoms with Gasteiger partial charge >= 0.3 is 0 Å². The molecule has 0 aliphatic carbocycles. The maximum Gasteiger partial charge on any atom is 0.236 e. The zero-order chi connectivity index (χ0) is 12.1. The molecule has 1 N–H and O–H groups in total. The molecule has 0 saturated heterocycles. The highest BCUT2D eigenvalue weighted by atomic mass is 79.9. The second-order valence-corrected chi connectivity index (χ2v) is 4.86. The van der Waals surface area contributed by atoms with Crippen molar-refractivity contribution >= 4 is 21.8 Å². The van der Waals surface area contributed by atoms with Gasteiger partial charge in [-0.25, -0.2) is 0 Å². The Morgan fingerprint density at radius 3 is 2.44 bits per heavy atom. The van der Waals surface area contributed by atoms with E-state index in [2.05, 4.69) is 21.2 Å². The summed E-state index contributed by atoms with van der Waals surface area (Å²) in [6.07, 6.45) is 0. The van der Waals surface area contributed by atoms with Crippen molar-refractivity contribution < 1.29 is 4.79 Å². The van der Waals surface area contributed by atoms with E-state index in [9.17, 15) is 4.79 Å². The average molecular weight is 285 g/mol. The lowest BCUT2D eigenvalue weighted by Gasteiger charge is -2.16. The summed E-state index contributed by atoms with van der Waals surface area (Å²) in [6, 6.07) is 8.27. The zero-order valence-electron chi connectivity index (χ0n) is 9.83. The molecule has 88 valence electrons. The van der Waals surface area contributed by atoms with Crippen molar-refractivity contribution in [1.29, 1.82) is 0 Å². The molecule has 0 aromatic heterocycles. The third-order valence-corrected chi connectivity index (χ3v) is 2.96. The second kappa shape index (κ2) is 6.01. The van der Waals surface area contributed by atoms with Gasteiger partial charge in [0.05, 0.1) is 6.54 Å². The van der Waals surface area contributed by atoms with E-state index in [4.69, 9.17) is 0 Å². The van der Waals surface area contributed by atoms with E-state index in [0.717, 1.165) is 4.47 Å². The van der Waals surface area contributed by atoms with Crippen LogP contribution in [0.3, 0.4) is 0 Å². The summed E-state index contributed by atoms with van der Waals surface area (Å²) in [7, 11) is 3.52. The van der Waals surface area contributed by atoms with Crippen molar-refractivity contribution in [2.45, 2.75) is 13.0 Å². The molecule has 1 rings (SSSR count). The Morgan fingerprint density at radius 1 is 1.38 bits per heavy atom. The Kier molecular flexibility index (Phi) is 4.96. The van der Waals surface area contributed by atoms with Gasteiger partial charge in [0.1, 0.15) is 0 Å². The molecule has 0 spiro atoms. The van der Waals surface area contributed by atoms with Crippen LogP contribution < -0.4 is 5.32 Å². The minimum atomic E-state index is 0.0870. The molecular weight excluding hydrogens is 268 g/mol. The van der Waals surface area contributed by atoms with Gasteiger partial charge in [-0.15, -0.1) is 0 Å². The number of hydrogen-bond donors (Lipinski definition) is 1. The van der Waals surface area contributed by atoms with Crippen LogP contribution in [-0.2, 0) is 4.79 Å². The van der Waals surface area contributed by atoms with Crippen molar-refractivity contribution in [3.63, 3.8) is 0 Å². The molecule has 0 saturated carbocycles. The molecule has 1 aromatic carbocycles. The fourth-order valence-electron chi connectivity index (χ4n) is 1.27. The molecular formula is C12H17BrN2O. The SMILES string of the molecule is C[C@H](NCC(=O)N(C)C)c1ccc(Br)cc1. The van der Waals surface area contributed by atoms with Gasteiger partial charge < -0.3 is 10.2 Å². The van der Waals surface area contributed by atoms with Gasteiger partial charge in [-0.3, -0.25) is 4.79 Å². The Hall–Kier alpha value is -0.870. The largest absolute Gasteiger partial charge is 0.348 e. The minimum Gasteiger partial charge on any atom is -0.348 e. The quantitative estimate of drug-likeness (QED) is 0.919. The van der Waals surface area contributed by atoms with Crippen molar-refractivity contribution in [2.24, 2.45) is 0 Å². The van der Waals surface area contributed by atoms with Crippen LogP contribution in [0.15, 0.2) is 28.7 Å². The zero-order valence-corrected chi connectivity index (χ0v) is 11.4. The van der Waals surface area contributed by atoms with Crippen molar-refractivity contribution in [1.82, 2.24) is 10.2 Å². The average Bonchev–Trinajstić information content (AvgIpc) is 2.26. The number of nitrogens with zero attached hydrogens (tertiary/aromatic N) is 1. The van der Waals surface area contributed by atoms with Crippen molar-refractivity contribution in [3.05, 3.63) is 34.3 Å². The number of likely N-dealkylation sites (N-methyl/N-ethyl adjacent to an activating group) is 1. The second-order valence-electron chi connectivity index (χ2n) is 3.94. The van der Waals surface area contributed by atoms with Gasteiger partial charge in [0.15, 0.2) is 0 Å². The summed E-state index contributed by atoms with van der Waals surface area (Å²) in [6.45, 7) is 2.41. The van der Waals surface area contributed by atoms with Crippen LogP contribution in [0.25, 0.3) is 0 Å². The van der Waals surface area contributed by atoms with Crippen LogP contribution in [0.1, 0.15) is 18.5 Å². The fraction of sp³-hybridized carbons (Fsp3) is 0.417. The molecule has 16 heavy (non-hydrogen) atoms. The van der Waals surface area contributed by atoms with Crippen LogP contribution in [-0.4, -0.2) is 31.4 Å². The van der Waals surface area contributed by atoms with Gasteiger partial charge in [-0.05, 0) is 24.6 Å². The van der Waals surface area contributed by atoms with E-state index in [-0.39, 0.29) is 11.9 Å².